The maximum Gasteiger partial charge on any atom is 0.339 e. The van der Waals surface area contributed by atoms with Gasteiger partial charge in [-0.1, -0.05) is 31.2 Å². The number of nitrogens with one attached hydrogen (secondary N) is 2. The SMILES string of the molecule is CCS(=O)c1ccccc1C(=O)OCC(=O)Nc1ccccc1C(=O)NC1CC1. The van der Waals surface area contributed by atoms with E-state index in [9.17, 15) is 18.6 Å². The van der Waals surface area contributed by atoms with Gasteiger partial charge in [0.2, 0.25) is 0 Å². The molecule has 0 aromatic heterocycles. The van der Waals surface area contributed by atoms with Gasteiger partial charge in [-0.3, -0.25) is 13.8 Å². The molecule has 0 spiro atoms. The summed E-state index contributed by atoms with van der Waals surface area (Å²) in [5.41, 5.74) is 0.867. The highest BCUT2D eigenvalue weighted by Gasteiger charge is 2.25. The number of hydrogen-bond donors (Lipinski definition) is 2. The van der Waals surface area contributed by atoms with Crippen molar-refractivity contribution in [3.63, 3.8) is 0 Å². The van der Waals surface area contributed by atoms with Gasteiger partial charge in [0.25, 0.3) is 11.8 Å². The number of carbonyl (C=O) groups is 3. The van der Waals surface area contributed by atoms with E-state index in [1.807, 2.05) is 0 Å². The fourth-order valence-electron chi connectivity index (χ4n) is 2.67. The molecular formula is C21H22N2O5S. The van der Waals surface area contributed by atoms with E-state index in [2.05, 4.69) is 10.6 Å². The molecule has 3 rings (SSSR count). The molecule has 1 aliphatic rings. The Morgan fingerprint density at radius 1 is 1.03 bits per heavy atom. The number of para-hydroxylation sites is 1. The molecule has 1 unspecified atom stereocenters. The zero-order valence-electron chi connectivity index (χ0n) is 16.0. The van der Waals surface area contributed by atoms with E-state index < -0.39 is 29.3 Å². The maximum absolute atomic E-state index is 12.3. The van der Waals surface area contributed by atoms with Crippen LogP contribution in [-0.2, 0) is 20.3 Å². The van der Waals surface area contributed by atoms with Crippen LogP contribution in [0.4, 0.5) is 5.69 Å². The van der Waals surface area contributed by atoms with Crippen LogP contribution in [0.5, 0.6) is 0 Å². The molecule has 2 aromatic rings. The number of ether oxygens (including phenoxy) is 1. The molecule has 0 bridgehead atoms. The molecule has 1 fully saturated rings. The monoisotopic (exact) mass is 414 g/mol. The molecule has 7 nitrogen and oxygen atoms in total. The van der Waals surface area contributed by atoms with Gasteiger partial charge in [-0.25, -0.2) is 4.79 Å². The molecule has 0 aliphatic heterocycles. The Kier molecular flexibility index (Phi) is 6.77. The zero-order chi connectivity index (χ0) is 20.8. The Bertz CT molecular complexity index is 956. The van der Waals surface area contributed by atoms with Gasteiger partial charge in [-0.15, -0.1) is 0 Å². The molecule has 29 heavy (non-hydrogen) atoms. The van der Waals surface area contributed by atoms with Crippen molar-refractivity contribution in [2.75, 3.05) is 17.7 Å². The summed E-state index contributed by atoms with van der Waals surface area (Å²) in [4.78, 5) is 37.3. The second-order valence-corrected chi connectivity index (χ2v) is 8.26. The van der Waals surface area contributed by atoms with Gasteiger partial charge in [0.1, 0.15) is 0 Å². The van der Waals surface area contributed by atoms with E-state index in [4.69, 9.17) is 4.74 Å². The second kappa shape index (κ2) is 9.47. The van der Waals surface area contributed by atoms with Gasteiger partial charge in [0.15, 0.2) is 6.61 Å². The van der Waals surface area contributed by atoms with E-state index in [1.165, 1.54) is 6.07 Å². The molecule has 0 heterocycles. The highest BCUT2D eigenvalue weighted by Crippen LogP contribution is 2.21. The van der Waals surface area contributed by atoms with Crippen LogP contribution in [0.25, 0.3) is 0 Å². The summed E-state index contributed by atoms with van der Waals surface area (Å²) in [5, 5.41) is 5.48. The van der Waals surface area contributed by atoms with Crippen LogP contribution < -0.4 is 10.6 Å². The highest BCUT2D eigenvalue weighted by atomic mass is 32.2. The number of esters is 1. The second-order valence-electron chi connectivity index (χ2n) is 6.55. The van der Waals surface area contributed by atoms with E-state index in [0.29, 0.717) is 21.9 Å². The van der Waals surface area contributed by atoms with Crippen LogP contribution in [0.2, 0.25) is 0 Å². The van der Waals surface area contributed by atoms with Crippen molar-refractivity contribution in [2.45, 2.75) is 30.7 Å². The molecular weight excluding hydrogens is 392 g/mol. The standard InChI is InChI=1S/C21H22N2O5S/c1-2-29(27)18-10-6-4-8-16(18)21(26)28-13-19(24)23-17-9-5-3-7-15(17)20(25)22-14-11-12-14/h3-10,14H,2,11-13H2,1H3,(H,22,25)(H,23,24). The van der Waals surface area contributed by atoms with Gasteiger partial charge in [0, 0.05) is 11.8 Å². The Balaban J connectivity index is 1.62. The predicted octanol–water partition coefficient (Wildman–Crippen LogP) is 2.50. The highest BCUT2D eigenvalue weighted by molar-refractivity contribution is 7.85. The van der Waals surface area contributed by atoms with E-state index >= 15 is 0 Å². The van der Waals surface area contributed by atoms with Gasteiger partial charge in [-0.05, 0) is 37.1 Å². The topological polar surface area (TPSA) is 102 Å². The Morgan fingerprint density at radius 3 is 2.38 bits per heavy atom. The summed E-state index contributed by atoms with van der Waals surface area (Å²) in [6.07, 6.45) is 1.92. The molecule has 2 aromatic carbocycles. The van der Waals surface area contributed by atoms with Crippen LogP contribution in [-0.4, -0.2) is 40.4 Å². The first-order chi connectivity index (χ1) is 14.0. The van der Waals surface area contributed by atoms with Crippen LogP contribution in [0.15, 0.2) is 53.4 Å². The van der Waals surface area contributed by atoms with Crippen molar-refractivity contribution in [1.29, 1.82) is 0 Å². The van der Waals surface area contributed by atoms with Gasteiger partial charge >= 0.3 is 5.97 Å². The normalized spacial score (nSPS) is 14.0. The lowest BCUT2D eigenvalue weighted by Crippen LogP contribution is -2.28. The summed E-state index contributed by atoms with van der Waals surface area (Å²) >= 11 is 0. The Labute approximate surface area is 171 Å². The molecule has 1 atom stereocenters. The summed E-state index contributed by atoms with van der Waals surface area (Å²) in [5.74, 6) is -1.18. The minimum absolute atomic E-state index is 0.171. The van der Waals surface area contributed by atoms with Crippen LogP contribution in [0, 0.1) is 0 Å². The Hall–Kier alpha value is -3.00. The number of rotatable bonds is 8. The first kappa shape index (κ1) is 20.7. The van der Waals surface area contributed by atoms with E-state index in [0.717, 1.165) is 12.8 Å². The first-order valence-corrected chi connectivity index (χ1v) is 10.7. The van der Waals surface area contributed by atoms with Gasteiger partial charge < -0.3 is 15.4 Å². The number of amides is 2. The lowest BCUT2D eigenvalue weighted by Gasteiger charge is -2.12. The average molecular weight is 414 g/mol. The third kappa shape index (κ3) is 5.51. The molecule has 0 saturated heterocycles. The number of carbonyl (C=O) groups excluding carboxylic acids is 3. The third-order valence-electron chi connectivity index (χ3n) is 4.31. The van der Waals surface area contributed by atoms with E-state index in [-0.39, 0.29) is 17.5 Å². The molecule has 0 radical (unpaired) electrons. The minimum atomic E-state index is -1.32. The maximum atomic E-state index is 12.3. The quantitative estimate of drug-likeness (QED) is 0.647. The Morgan fingerprint density at radius 2 is 1.69 bits per heavy atom. The predicted molar refractivity (Wildman–Crippen MR) is 109 cm³/mol. The summed E-state index contributed by atoms with van der Waals surface area (Å²) in [7, 11) is -1.32. The number of anilines is 1. The fourth-order valence-corrected chi connectivity index (χ4v) is 3.60. The molecule has 152 valence electrons. The van der Waals surface area contributed by atoms with Gasteiger partial charge in [-0.2, -0.15) is 0 Å². The summed E-state index contributed by atoms with van der Waals surface area (Å²) in [6, 6.07) is 13.3. The van der Waals surface area contributed by atoms with Crippen molar-refractivity contribution >= 4 is 34.3 Å². The average Bonchev–Trinajstić information content (AvgIpc) is 3.55. The fraction of sp³-hybridized carbons (Fsp3) is 0.286. The van der Waals surface area contributed by atoms with Crippen LogP contribution in [0.1, 0.15) is 40.5 Å². The lowest BCUT2D eigenvalue weighted by molar-refractivity contribution is -0.119. The minimum Gasteiger partial charge on any atom is -0.452 e. The molecule has 1 aliphatic carbocycles. The molecule has 2 N–H and O–H groups in total. The summed E-state index contributed by atoms with van der Waals surface area (Å²) < 4.78 is 17.2. The smallest absolute Gasteiger partial charge is 0.339 e. The number of benzene rings is 2. The van der Waals surface area contributed by atoms with Crippen molar-refractivity contribution in [1.82, 2.24) is 5.32 Å². The van der Waals surface area contributed by atoms with Crippen LogP contribution in [0.3, 0.4) is 0 Å². The third-order valence-corrected chi connectivity index (χ3v) is 5.68. The zero-order valence-corrected chi connectivity index (χ0v) is 16.8. The van der Waals surface area contributed by atoms with Gasteiger partial charge in [0.05, 0.1) is 32.5 Å². The van der Waals surface area contributed by atoms with Crippen molar-refractivity contribution < 1.29 is 23.3 Å². The molecule has 2 amide bonds. The van der Waals surface area contributed by atoms with Crippen molar-refractivity contribution in [2.24, 2.45) is 0 Å². The van der Waals surface area contributed by atoms with Crippen LogP contribution >= 0.6 is 0 Å². The number of hydrogen-bond acceptors (Lipinski definition) is 5. The summed E-state index contributed by atoms with van der Waals surface area (Å²) in [6.45, 7) is 1.23. The molecule has 8 heteroatoms. The van der Waals surface area contributed by atoms with E-state index in [1.54, 1.807) is 49.4 Å². The lowest BCUT2D eigenvalue weighted by atomic mass is 10.1. The largest absolute Gasteiger partial charge is 0.452 e. The van der Waals surface area contributed by atoms with Crippen molar-refractivity contribution in [3.05, 3.63) is 59.7 Å². The molecule has 1 saturated carbocycles. The first-order valence-electron chi connectivity index (χ1n) is 9.34. The van der Waals surface area contributed by atoms with Crippen molar-refractivity contribution in [3.8, 4) is 0 Å².